The Labute approximate surface area is 60.5 Å². The Morgan fingerprint density at radius 3 is 2.45 bits per heavy atom. The molecule has 0 aliphatic rings. The molecule has 66 valence electrons. The van der Waals surface area contributed by atoms with Gasteiger partial charge in [-0.05, 0) is 0 Å². The van der Waals surface area contributed by atoms with Gasteiger partial charge in [-0.25, -0.2) is 5.84 Å². The average Bonchev–Trinajstić information content (AvgIpc) is 1.85. The summed E-state index contributed by atoms with van der Waals surface area (Å²) in [5.41, 5.74) is 1.62. The van der Waals surface area contributed by atoms with Crippen LogP contribution in [0.1, 0.15) is 0 Å². The van der Waals surface area contributed by atoms with E-state index in [0.29, 0.717) is 0 Å². The van der Waals surface area contributed by atoms with Crippen LogP contribution >= 0.6 is 0 Å². The normalized spacial score (nSPS) is 11.3. The molecule has 7 heteroatoms. The molecule has 0 unspecified atom stereocenters. The second kappa shape index (κ2) is 4.14. The van der Waals surface area contributed by atoms with Gasteiger partial charge in [0.25, 0.3) is 5.91 Å². The van der Waals surface area contributed by atoms with Gasteiger partial charge in [0.1, 0.15) is 13.2 Å². The van der Waals surface area contributed by atoms with Gasteiger partial charge in [-0.2, -0.15) is 13.2 Å². The van der Waals surface area contributed by atoms with E-state index in [1.165, 1.54) is 0 Å². The molecule has 0 aromatic carbocycles. The van der Waals surface area contributed by atoms with Crippen LogP contribution in [-0.4, -0.2) is 25.3 Å². The molecule has 0 aromatic heterocycles. The lowest BCUT2D eigenvalue weighted by molar-refractivity contribution is -0.175. The largest absolute Gasteiger partial charge is 0.411 e. The highest BCUT2D eigenvalue weighted by atomic mass is 19.4. The number of ether oxygens (including phenoxy) is 1. The number of hydrogen-bond acceptors (Lipinski definition) is 3. The first-order chi connectivity index (χ1) is 4.95. The Balaban J connectivity index is 3.35. The highest BCUT2D eigenvalue weighted by Crippen LogP contribution is 2.13. The van der Waals surface area contributed by atoms with E-state index in [-0.39, 0.29) is 0 Å². The van der Waals surface area contributed by atoms with Crippen LogP contribution in [0.3, 0.4) is 0 Å². The van der Waals surface area contributed by atoms with Crippen molar-refractivity contribution in [2.75, 3.05) is 13.2 Å². The number of amides is 1. The van der Waals surface area contributed by atoms with Gasteiger partial charge in [0.2, 0.25) is 0 Å². The number of hydrogen-bond donors (Lipinski definition) is 2. The fraction of sp³-hybridized carbons (Fsp3) is 0.750. The van der Waals surface area contributed by atoms with Crippen molar-refractivity contribution < 1.29 is 22.7 Å². The minimum Gasteiger partial charge on any atom is -0.362 e. The molecule has 0 aliphatic carbocycles. The molecular formula is C4H7F3N2O2. The van der Waals surface area contributed by atoms with E-state index in [2.05, 4.69) is 10.6 Å². The minimum absolute atomic E-state index is 0.685. The van der Waals surface area contributed by atoms with Crippen LogP contribution in [0.25, 0.3) is 0 Å². The van der Waals surface area contributed by atoms with Gasteiger partial charge < -0.3 is 4.74 Å². The van der Waals surface area contributed by atoms with Crippen LogP contribution in [0.2, 0.25) is 0 Å². The molecule has 0 bridgehead atoms. The van der Waals surface area contributed by atoms with Gasteiger partial charge in [0.15, 0.2) is 0 Å². The average molecular weight is 172 g/mol. The number of carbonyl (C=O) groups excluding carboxylic acids is 1. The van der Waals surface area contributed by atoms with Crippen LogP contribution in [0.4, 0.5) is 13.2 Å². The predicted molar refractivity (Wildman–Crippen MR) is 29.2 cm³/mol. The Morgan fingerprint density at radius 1 is 1.55 bits per heavy atom. The molecule has 0 saturated carbocycles. The van der Waals surface area contributed by atoms with Gasteiger partial charge in [-0.15, -0.1) is 0 Å². The third-order valence-electron chi connectivity index (χ3n) is 0.660. The van der Waals surface area contributed by atoms with Gasteiger partial charge >= 0.3 is 6.18 Å². The second-order valence-corrected chi connectivity index (χ2v) is 1.68. The highest BCUT2D eigenvalue weighted by Gasteiger charge is 2.27. The summed E-state index contributed by atoms with van der Waals surface area (Å²) < 4.78 is 37.9. The lowest BCUT2D eigenvalue weighted by atomic mass is 10.6. The van der Waals surface area contributed by atoms with Gasteiger partial charge in [0, 0.05) is 0 Å². The number of nitrogens with one attached hydrogen (secondary N) is 1. The van der Waals surface area contributed by atoms with Crippen molar-refractivity contribution in [3.63, 3.8) is 0 Å². The molecule has 0 heterocycles. The monoisotopic (exact) mass is 172 g/mol. The highest BCUT2D eigenvalue weighted by molar-refractivity contribution is 5.76. The third-order valence-corrected chi connectivity index (χ3v) is 0.660. The van der Waals surface area contributed by atoms with Crippen LogP contribution in [0.15, 0.2) is 0 Å². The molecule has 0 fully saturated rings. The minimum atomic E-state index is -4.41. The molecule has 0 aromatic rings. The summed E-state index contributed by atoms with van der Waals surface area (Å²) in [6.07, 6.45) is -4.41. The van der Waals surface area contributed by atoms with Crippen LogP contribution in [0, 0.1) is 0 Å². The molecule has 0 aliphatic heterocycles. The van der Waals surface area contributed by atoms with Crippen molar-refractivity contribution >= 4 is 5.91 Å². The zero-order valence-corrected chi connectivity index (χ0v) is 5.44. The molecule has 1 amide bonds. The van der Waals surface area contributed by atoms with E-state index in [0.717, 1.165) is 0 Å². The molecule has 0 spiro atoms. The molecule has 0 saturated heterocycles. The van der Waals surface area contributed by atoms with Crippen LogP contribution < -0.4 is 11.3 Å². The molecular weight excluding hydrogens is 165 g/mol. The van der Waals surface area contributed by atoms with Crippen LogP contribution in [0.5, 0.6) is 0 Å². The third kappa shape index (κ3) is 7.07. The van der Waals surface area contributed by atoms with Gasteiger partial charge in [-0.3, -0.25) is 10.2 Å². The zero-order chi connectivity index (χ0) is 8.91. The first kappa shape index (κ1) is 10.2. The van der Waals surface area contributed by atoms with Crippen molar-refractivity contribution in [3.8, 4) is 0 Å². The topological polar surface area (TPSA) is 64.3 Å². The summed E-state index contributed by atoms with van der Waals surface area (Å²) >= 11 is 0. The molecule has 0 atom stereocenters. The summed E-state index contributed by atoms with van der Waals surface area (Å²) in [5.74, 6) is 3.76. The van der Waals surface area contributed by atoms with E-state index < -0.39 is 25.3 Å². The lowest BCUT2D eigenvalue weighted by Gasteiger charge is -2.05. The second-order valence-electron chi connectivity index (χ2n) is 1.68. The molecule has 0 rings (SSSR count). The van der Waals surface area contributed by atoms with E-state index in [1.54, 1.807) is 5.43 Å². The standard InChI is InChI=1S/C4H7F3N2O2/c5-4(6,7)2-11-1-3(10)9-8/h1-2,8H2,(H,9,10). The van der Waals surface area contributed by atoms with E-state index in [9.17, 15) is 18.0 Å². The Morgan fingerprint density at radius 2 is 2.09 bits per heavy atom. The maximum Gasteiger partial charge on any atom is 0.411 e. The van der Waals surface area contributed by atoms with E-state index >= 15 is 0 Å². The van der Waals surface area contributed by atoms with Crippen molar-refractivity contribution in [1.29, 1.82) is 0 Å². The number of carbonyl (C=O) groups is 1. The lowest BCUT2D eigenvalue weighted by Crippen LogP contribution is -2.34. The Hall–Kier alpha value is -0.820. The Kier molecular flexibility index (Phi) is 3.83. The number of hydrazine groups is 1. The van der Waals surface area contributed by atoms with E-state index in [1.807, 2.05) is 0 Å². The first-order valence-electron chi connectivity index (χ1n) is 2.59. The fourth-order valence-electron chi connectivity index (χ4n) is 0.301. The summed E-state index contributed by atoms with van der Waals surface area (Å²) in [7, 11) is 0. The van der Waals surface area contributed by atoms with Crippen molar-refractivity contribution in [1.82, 2.24) is 5.43 Å². The number of alkyl halides is 3. The molecule has 3 N–H and O–H groups in total. The SMILES string of the molecule is NNC(=O)COCC(F)(F)F. The van der Waals surface area contributed by atoms with Crippen molar-refractivity contribution in [2.45, 2.75) is 6.18 Å². The summed E-state index contributed by atoms with van der Waals surface area (Å²) in [6, 6.07) is 0. The van der Waals surface area contributed by atoms with Crippen LogP contribution in [-0.2, 0) is 9.53 Å². The maximum atomic E-state index is 11.3. The smallest absolute Gasteiger partial charge is 0.362 e. The number of rotatable bonds is 3. The quantitative estimate of drug-likeness (QED) is 0.344. The molecule has 11 heavy (non-hydrogen) atoms. The number of halogens is 3. The van der Waals surface area contributed by atoms with Crippen molar-refractivity contribution in [2.24, 2.45) is 5.84 Å². The zero-order valence-electron chi connectivity index (χ0n) is 5.44. The number of nitrogens with two attached hydrogens (primary N) is 1. The molecule has 0 radical (unpaired) electrons. The molecule has 4 nitrogen and oxygen atoms in total. The Bertz CT molecular complexity index is 136. The first-order valence-corrected chi connectivity index (χ1v) is 2.59. The van der Waals surface area contributed by atoms with Gasteiger partial charge in [0.05, 0.1) is 0 Å². The summed E-state index contributed by atoms with van der Waals surface area (Å²) in [4.78, 5) is 10.2. The maximum absolute atomic E-state index is 11.3. The van der Waals surface area contributed by atoms with Gasteiger partial charge in [-0.1, -0.05) is 0 Å². The van der Waals surface area contributed by atoms with E-state index in [4.69, 9.17) is 0 Å². The summed E-state index contributed by atoms with van der Waals surface area (Å²) in [5, 5.41) is 0. The predicted octanol–water partition coefficient (Wildman–Crippen LogP) is -0.445. The fourth-order valence-corrected chi connectivity index (χ4v) is 0.301. The van der Waals surface area contributed by atoms with Crippen molar-refractivity contribution in [3.05, 3.63) is 0 Å². The summed E-state index contributed by atoms with van der Waals surface area (Å²) in [6.45, 7) is -2.13.